The van der Waals surface area contributed by atoms with Crippen LogP contribution in [0.1, 0.15) is 26.0 Å². The highest BCUT2D eigenvalue weighted by molar-refractivity contribution is 7.09. The topological polar surface area (TPSA) is 123 Å². The number of benzene rings is 1. The van der Waals surface area contributed by atoms with Crippen LogP contribution >= 0.6 is 11.3 Å². The molecule has 0 fully saturated rings. The van der Waals surface area contributed by atoms with Gasteiger partial charge in [0.1, 0.15) is 12.0 Å². The largest absolute Gasteiger partial charge is 0.431 e. The summed E-state index contributed by atoms with van der Waals surface area (Å²) < 4.78 is 5.15. The Bertz CT molecular complexity index is 1170. The summed E-state index contributed by atoms with van der Waals surface area (Å²) in [5.74, 6) is -1.02. The molecule has 2 amide bonds. The fourth-order valence-electron chi connectivity index (χ4n) is 2.46. The maximum atomic E-state index is 12.5. The first-order chi connectivity index (χ1) is 14.1. The number of hydrogen-bond acceptors (Lipinski definition) is 8. The first-order valence-electron chi connectivity index (χ1n) is 8.45. The molecule has 4 rings (SSSR count). The Hall–Kier alpha value is -3.92. The van der Waals surface area contributed by atoms with Crippen LogP contribution in [-0.2, 0) is 0 Å². The molecule has 0 saturated heterocycles. The fraction of sp³-hybridized carbons (Fsp3) is 0.0526. The lowest BCUT2D eigenvalue weighted by Crippen LogP contribution is -2.15. The van der Waals surface area contributed by atoms with Crippen LogP contribution in [0.4, 0.5) is 11.7 Å². The molecule has 0 atom stereocenters. The van der Waals surface area contributed by atoms with Crippen LogP contribution in [0, 0.1) is 6.92 Å². The van der Waals surface area contributed by atoms with Crippen molar-refractivity contribution >= 4 is 34.9 Å². The lowest BCUT2D eigenvalue weighted by Gasteiger charge is -2.04. The van der Waals surface area contributed by atoms with E-state index in [0.29, 0.717) is 5.69 Å². The van der Waals surface area contributed by atoms with E-state index in [4.69, 9.17) is 4.42 Å². The molecule has 2 N–H and O–H groups in total. The van der Waals surface area contributed by atoms with Crippen molar-refractivity contribution in [2.45, 2.75) is 6.92 Å². The van der Waals surface area contributed by atoms with Gasteiger partial charge < -0.3 is 9.73 Å². The van der Waals surface area contributed by atoms with Crippen molar-refractivity contribution in [2.24, 2.45) is 0 Å². The van der Waals surface area contributed by atoms with E-state index in [-0.39, 0.29) is 17.4 Å². The summed E-state index contributed by atoms with van der Waals surface area (Å²) in [7, 11) is 0. The van der Waals surface area contributed by atoms with Crippen molar-refractivity contribution in [3.8, 4) is 11.3 Å². The van der Waals surface area contributed by atoms with Crippen LogP contribution in [0.3, 0.4) is 0 Å². The van der Waals surface area contributed by atoms with Crippen LogP contribution in [0.25, 0.3) is 11.3 Å². The molecule has 0 saturated carbocycles. The molecule has 4 aromatic rings. The summed E-state index contributed by atoms with van der Waals surface area (Å²) >= 11 is 1.56. The van der Waals surface area contributed by atoms with Gasteiger partial charge in [-0.25, -0.2) is 9.97 Å². The van der Waals surface area contributed by atoms with E-state index in [9.17, 15) is 9.59 Å². The first-order valence-corrected chi connectivity index (χ1v) is 9.33. The SMILES string of the molecule is Cc1nc(-c2cccc(NC(=O)c3coc(NC(=O)c4cnccn4)n3)c2)cs1. The zero-order valence-corrected chi connectivity index (χ0v) is 15.9. The Kier molecular flexibility index (Phi) is 5.08. The third-order valence-corrected chi connectivity index (χ3v) is 4.56. The smallest absolute Gasteiger partial charge is 0.302 e. The molecular formula is C19H14N6O3S. The number of oxazole rings is 1. The number of rotatable bonds is 5. The molecule has 3 heterocycles. The van der Waals surface area contributed by atoms with E-state index in [2.05, 4.69) is 30.6 Å². The Labute approximate surface area is 168 Å². The number of thiazole rings is 1. The van der Waals surface area contributed by atoms with Gasteiger partial charge >= 0.3 is 6.01 Å². The lowest BCUT2D eigenvalue weighted by atomic mass is 10.1. The molecule has 3 aromatic heterocycles. The van der Waals surface area contributed by atoms with Gasteiger partial charge in [-0.1, -0.05) is 12.1 Å². The molecule has 0 aliphatic rings. The van der Waals surface area contributed by atoms with E-state index in [0.717, 1.165) is 22.5 Å². The molecule has 0 spiro atoms. The lowest BCUT2D eigenvalue weighted by molar-refractivity contribution is 0.101. The maximum absolute atomic E-state index is 12.5. The molecule has 144 valence electrons. The summed E-state index contributed by atoms with van der Waals surface area (Å²) in [6.07, 6.45) is 5.32. The normalized spacial score (nSPS) is 10.5. The Balaban J connectivity index is 1.44. The highest BCUT2D eigenvalue weighted by Crippen LogP contribution is 2.24. The second-order valence-corrected chi connectivity index (χ2v) is 6.93. The Morgan fingerprint density at radius 3 is 2.69 bits per heavy atom. The average Bonchev–Trinajstić information content (AvgIpc) is 3.38. The predicted molar refractivity (Wildman–Crippen MR) is 107 cm³/mol. The van der Waals surface area contributed by atoms with Gasteiger partial charge in [-0.3, -0.25) is 19.9 Å². The minimum Gasteiger partial charge on any atom is -0.431 e. The van der Waals surface area contributed by atoms with E-state index in [1.807, 2.05) is 30.5 Å². The van der Waals surface area contributed by atoms with E-state index in [1.165, 1.54) is 18.6 Å². The molecule has 29 heavy (non-hydrogen) atoms. The van der Waals surface area contributed by atoms with Crippen molar-refractivity contribution < 1.29 is 14.0 Å². The fourth-order valence-corrected chi connectivity index (χ4v) is 3.08. The van der Waals surface area contributed by atoms with E-state index in [1.54, 1.807) is 17.4 Å². The van der Waals surface area contributed by atoms with Gasteiger partial charge in [0, 0.05) is 29.0 Å². The third kappa shape index (κ3) is 4.33. The molecule has 10 heteroatoms. The van der Waals surface area contributed by atoms with Crippen LogP contribution in [0.2, 0.25) is 0 Å². The quantitative estimate of drug-likeness (QED) is 0.521. The maximum Gasteiger partial charge on any atom is 0.302 e. The summed E-state index contributed by atoms with van der Waals surface area (Å²) in [4.78, 5) is 40.6. The van der Waals surface area contributed by atoms with E-state index >= 15 is 0 Å². The predicted octanol–water partition coefficient (Wildman–Crippen LogP) is 3.40. The summed E-state index contributed by atoms with van der Waals surface area (Å²) in [6, 6.07) is 7.22. The van der Waals surface area contributed by atoms with Gasteiger partial charge in [0.05, 0.1) is 16.9 Å². The molecule has 0 bridgehead atoms. The van der Waals surface area contributed by atoms with Crippen molar-refractivity contribution in [2.75, 3.05) is 10.6 Å². The number of hydrogen-bond donors (Lipinski definition) is 2. The highest BCUT2D eigenvalue weighted by Gasteiger charge is 2.16. The number of carbonyl (C=O) groups excluding carboxylic acids is 2. The van der Waals surface area contributed by atoms with Crippen molar-refractivity contribution in [1.29, 1.82) is 0 Å². The van der Waals surface area contributed by atoms with E-state index < -0.39 is 11.8 Å². The van der Waals surface area contributed by atoms with Gasteiger partial charge in [0.15, 0.2) is 5.69 Å². The second kappa shape index (κ2) is 7.98. The summed E-state index contributed by atoms with van der Waals surface area (Å²) in [5, 5.41) is 8.10. The molecule has 1 aromatic carbocycles. The van der Waals surface area contributed by atoms with Crippen molar-refractivity contribution in [3.63, 3.8) is 0 Å². The van der Waals surface area contributed by atoms with Crippen LogP contribution in [0.5, 0.6) is 0 Å². The Morgan fingerprint density at radius 1 is 1.07 bits per heavy atom. The number of aryl methyl sites for hydroxylation is 1. The molecule has 0 unspecified atom stereocenters. The molecule has 0 radical (unpaired) electrons. The molecule has 0 aliphatic carbocycles. The minimum absolute atomic E-state index is 0.0225. The molecule has 0 aliphatic heterocycles. The number of carbonyl (C=O) groups is 2. The van der Waals surface area contributed by atoms with Crippen LogP contribution in [-0.4, -0.2) is 31.8 Å². The zero-order valence-electron chi connectivity index (χ0n) is 15.1. The summed E-state index contributed by atoms with van der Waals surface area (Å²) in [5.41, 5.74) is 2.45. The van der Waals surface area contributed by atoms with Crippen LogP contribution in [0.15, 0.2) is 58.9 Å². The number of nitrogens with zero attached hydrogens (tertiary/aromatic N) is 4. The van der Waals surface area contributed by atoms with Crippen LogP contribution < -0.4 is 10.6 Å². The minimum atomic E-state index is -0.543. The first kappa shape index (κ1) is 18.4. The molecular weight excluding hydrogens is 392 g/mol. The van der Waals surface area contributed by atoms with Gasteiger partial charge in [-0.05, 0) is 19.1 Å². The summed E-state index contributed by atoms with van der Waals surface area (Å²) in [6.45, 7) is 1.94. The van der Waals surface area contributed by atoms with Gasteiger partial charge in [0.25, 0.3) is 11.8 Å². The third-order valence-electron chi connectivity index (χ3n) is 3.79. The monoisotopic (exact) mass is 406 g/mol. The highest BCUT2D eigenvalue weighted by atomic mass is 32.1. The standard InChI is InChI=1S/C19H14N6O3S/c1-11-22-16(10-29-11)12-3-2-4-13(7-12)23-18(27)15-9-28-19(24-15)25-17(26)14-8-20-5-6-21-14/h2-10H,1H3,(H,23,27)(H,24,25,26). The Morgan fingerprint density at radius 2 is 1.93 bits per heavy atom. The number of anilines is 2. The van der Waals surface area contributed by atoms with Gasteiger partial charge in [-0.2, -0.15) is 4.98 Å². The van der Waals surface area contributed by atoms with Gasteiger partial charge in [0.2, 0.25) is 0 Å². The number of nitrogens with one attached hydrogen (secondary N) is 2. The number of aromatic nitrogens is 4. The van der Waals surface area contributed by atoms with Crippen molar-refractivity contribution in [1.82, 2.24) is 19.9 Å². The molecule has 9 nitrogen and oxygen atoms in total. The number of amides is 2. The average molecular weight is 406 g/mol. The van der Waals surface area contributed by atoms with Crippen molar-refractivity contribution in [3.05, 3.63) is 70.9 Å². The second-order valence-electron chi connectivity index (χ2n) is 5.87. The van der Waals surface area contributed by atoms with Gasteiger partial charge in [-0.15, -0.1) is 11.3 Å². The zero-order chi connectivity index (χ0) is 20.2.